The summed E-state index contributed by atoms with van der Waals surface area (Å²) in [6.07, 6.45) is 0.910. The van der Waals surface area contributed by atoms with Crippen molar-refractivity contribution in [1.82, 2.24) is 0 Å². The summed E-state index contributed by atoms with van der Waals surface area (Å²) < 4.78 is 5.05. The second-order valence-corrected chi connectivity index (χ2v) is 2.19. The van der Waals surface area contributed by atoms with Gasteiger partial charge in [0.05, 0.1) is 6.07 Å². The molecule has 1 saturated heterocycles. The molecule has 0 aromatic rings. The van der Waals surface area contributed by atoms with Crippen molar-refractivity contribution in [3.63, 3.8) is 0 Å². The van der Waals surface area contributed by atoms with E-state index in [-0.39, 0.29) is 6.10 Å². The van der Waals surface area contributed by atoms with Crippen molar-refractivity contribution in [1.29, 1.82) is 5.26 Å². The molecule has 2 atom stereocenters. The highest BCUT2D eigenvalue weighted by Crippen LogP contribution is 2.18. The van der Waals surface area contributed by atoms with Gasteiger partial charge in [0.2, 0.25) is 0 Å². The van der Waals surface area contributed by atoms with Crippen LogP contribution in [0, 0.1) is 17.2 Å². The molecule has 8 heavy (non-hydrogen) atoms. The lowest BCUT2D eigenvalue weighted by Crippen LogP contribution is -2.08. The molecule has 0 bridgehead atoms. The van der Waals surface area contributed by atoms with Crippen LogP contribution in [0.4, 0.5) is 0 Å². The normalized spacial score (nSPS) is 37.0. The van der Waals surface area contributed by atoms with Gasteiger partial charge in [-0.1, -0.05) is 6.92 Å². The SMILES string of the molecule is CC1CCOC1C#N. The quantitative estimate of drug-likeness (QED) is 0.466. The number of hydrogen-bond donors (Lipinski definition) is 0. The molecule has 1 fully saturated rings. The highest BCUT2D eigenvalue weighted by molar-refractivity contribution is 4.90. The topological polar surface area (TPSA) is 33.0 Å². The third kappa shape index (κ3) is 0.823. The molecule has 0 aromatic heterocycles. The molecule has 1 aliphatic rings. The van der Waals surface area contributed by atoms with Crippen LogP contribution in [0.5, 0.6) is 0 Å². The van der Waals surface area contributed by atoms with Crippen molar-refractivity contribution >= 4 is 0 Å². The first kappa shape index (κ1) is 5.58. The molecule has 1 rings (SSSR count). The number of nitrogens with zero attached hydrogens (tertiary/aromatic N) is 1. The third-order valence-electron chi connectivity index (χ3n) is 1.51. The predicted octanol–water partition coefficient (Wildman–Crippen LogP) is 0.935. The second-order valence-electron chi connectivity index (χ2n) is 2.19. The van der Waals surface area contributed by atoms with Crippen LogP contribution >= 0.6 is 0 Å². The molecule has 0 aliphatic carbocycles. The molecular weight excluding hydrogens is 102 g/mol. The molecule has 0 amide bonds. The molecule has 0 spiro atoms. The molecule has 1 heterocycles. The van der Waals surface area contributed by atoms with E-state index >= 15 is 0 Å². The lowest BCUT2D eigenvalue weighted by molar-refractivity contribution is 0.136. The van der Waals surface area contributed by atoms with Crippen LogP contribution < -0.4 is 0 Å². The molecule has 0 saturated carbocycles. The lowest BCUT2D eigenvalue weighted by atomic mass is 10.1. The largest absolute Gasteiger partial charge is 0.363 e. The summed E-state index contributed by atoms with van der Waals surface area (Å²) in [7, 11) is 0. The average Bonchev–Trinajstić information content (AvgIpc) is 2.14. The summed E-state index contributed by atoms with van der Waals surface area (Å²) in [6, 6.07) is 2.09. The zero-order valence-electron chi connectivity index (χ0n) is 4.92. The Morgan fingerprint density at radius 1 is 1.75 bits per heavy atom. The summed E-state index contributed by atoms with van der Waals surface area (Å²) >= 11 is 0. The van der Waals surface area contributed by atoms with Crippen LogP contribution in [-0.4, -0.2) is 12.7 Å². The maximum Gasteiger partial charge on any atom is 0.146 e. The fourth-order valence-corrected chi connectivity index (χ4v) is 0.861. The van der Waals surface area contributed by atoms with E-state index in [1.165, 1.54) is 0 Å². The van der Waals surface area contributed by atoms with Gasteiger partial charge in [0.25, 0.3) is 0 Å². The van der Waals surface area contributed by atoms with E-state index in [1.807, 2.05) is 6.92 Å². The molecule has 2 heteroatoms. The molecule has 44 valence electrons. The third-order valence-corrected chi connectivity index (χ3v) is 1.51. The Bertz CT molecular complexity index is 116. The van der Waals surface area contributed by atoms with Crippen LogP contribution in [0.15, 0.2) is 0 Å². The lowest BCUT2D eigenvalue weighted by Gasteiger charge is -2.01. The molecule has 0 aromatic carbocycles. The fourth-order valence-electron chi connectivity index (χ4n) is 0.861. The maximum atomic E-state index is 8.36. The smallest absolute Gasteiger partial charge is 0.146 e. The van der Waals surface area contributed by atoms with Gasteiger partial charge in [-0.2, -0.15) is 5.26 Å². The summed E-state index contributed by atoms with van der Waals surface area (Å²) in [6.45, 7) is 2.81. The second kappa shape index (κ2) is 2.15. The number of nitriles is 1. The molecular formula is C6H9NO. The average molecular weight is 111 g/mol. The first-order chi connectivity index (χ1) is 3.84. The van der Waals surface area contributed by atoms with Crippen LogP contribution in [0.2, 0.25) is 0 Å². The van der Waals surface area contributed by atoms with E-state index in [4.69, 9.17) is 10.00 Å². The molecule has 2 nitrogen and oxygen atoms in total. The molecule has 0 N–H and O–H groups in total. The van der Waals surface area contributed by atoms with Gasteiger partial charge in [-0.15, -0.1) is 0 Å². The van der Waals surface area contributed by atoms with Crippen LogP contribution in [0.1, 0.15) is 13.3 Å². The van der Waals surface area contributed by atoms with Gasteiger partial charge in [-0.05, 0) is 12.3 Å². The summed E-state index contributed by atoms with van der Waals surface area (Å²) in [5.41, 5.74) is 0. The minimum atomic E-state index is -0.130. The monoisotopic (exact) mass is 111 g/mol. The standard InChI is InChI=1S/C6H9NO/c1-5-2-3-8-6(5)4-7/h5-6H,2-3H2,1H3. The Labute approximate surface area is 49.1 Å². The Morgan fingerprint density at radius 3 is 2.75 bits per heavy atom. The number of rotatable bonds is 0. The first-order valence-electron chi connectivity index (χ1n) is 2.86. The molecule has 2 unspecified atom stereocenters. The minimum absolute atomic E-state index is 0.130. The van der Waals surface area contributed by atoms with Gasteiger partial charge in [0.1, 0.15) is 6.10 Å². The number of ether oxygens (including phenoxy) is 1. The Balaban J connectivity index is 2.45. The predicted molar refractivity (Wildman–Crippen MR) is 29.1 cm³/mol. The van der Waals surface area contributed by atoms with Crippen molar-refractivity contribution < 1.29 is 4.74 Å². The van der Waals surface area contributed by atoms with Gasteiger partial charge < -0.3 is 4.74 Å². The van der Waals surface area contributed by atoms with Crippen molar-refractivity contribution in [2.45, 2.75) is 19.4 Å². The van der Waals surface area contributed by atoms with E-state index in [0.29, 0.717) is 5.92 Å². The maximum absolute atomic E-state index is 8.36. The van der Waals surface area contributed by atoms with Crippen molar-refractivity contribution in [2.24, 2.45) is 5.92 Å². The Hall–Kier alpha value is -0.550. The van der Waals surface area contributed by atoms with Crippen molar-refractivity contribution in [2.75, 3.05) is 6.61 Å². The van der Waals surface area contributed by atoms with Gasteiger partial charge in [0, 0.05) is 6.61 Å². The van der Waals surface area contributed by atoms with Crippen LogP contribution in [0.3, 0.4) is 0 Å². The molecule has 0 radical (unpaired) electrons. The van der Waals surface area contributed by atoms with E-state index in [2.05, 4.69) is 6.07 Å². The van der Waals surface area contributed by atoms with Crippen LogP contribution in [0.25, 0.3) is 0 Å². The highest BCUT2D eigenvalue weighted by atomic mass is 16.5. The van der Waals surface area contributed by atoms with Crippen molar-refractivity contribution in [3.8, 4) is 6.07 Å². The number of hydrogen-bond acceptors (Lipinski definition) is 2. The molecule has 1 aliphatic heterocycles. The van der Waals surface area contributed by atoms with E-state index in [0.717, 1.165) is 13.0 Å². The van der Waals surface area contributed by atoms with E-state index < -0.39 is 0 Å². The first-order valence-corrected chi connectivity index (χ1v) is 2.86. The summed E-state index contributed by atoms with van der Waals surface area (Å²) in [5, 5.41) is 8.36. The van der Waals surface area contributed by atoms with Gasteiger partial charge >= 0.3 is 0 Å². The van der Waals surface area contributed by atoms with Gasteiger partial charge in [-0.25, -0.2) is 0 Å². The van der Waals surface area contributed by atoms with Gasteiger partial charge in [-0.3, -0.25) is 0 Å². The Kier molecular flexibility index (Phi) is 1.50. The van der Waals surface area contributed by atoms with E-state index in [9.17, 15) is 0 Å². The Morgan fingerprint density at radius 2 is 2.50 bits per heavy atom. The highest BCUT2D eigenvalue weighted by Gasteiger charge is 2.22. The zero-order chi connectivity index (χ0) is 5.98. The summed E-state index contributed by atoms with van der Waals surface area (Å²) in [4.78, 5) is 0. The van der Waals surface area contributed by atoms with Crippen LogP contribution in [-0.2, 0) is 4.74 Å². The fraction of sp³-hybridized carbons (Fsp3) is 0.833. The zero-order valence-corrected chi connectivity index (χ0v) is 4.92. The van der Waals surface area contributed by atoms with Crippen molar-refractivity contribution in [3.05, 3.63) is 0 Å². The minimum Gasteiger partial charge on any atom is -0.363 e. The summed E-state index contributed by atoms with van der Waals surface area (Å²) in [5.74, 6) is 0.444. The van der Waals surface area contributed by atoms with E-state index in [1.54, 1.807) is 0 Å². The van der Waals surface area contributed by atoms with Gasteiger partial charge in [0.15, 0.2) is 0 Å².